The number of carbonyl (C=O) groups is 2. The highest BCUT2D eigenvalue weighted by Gasteiger charge is 2.66. The second kappa shape index (κ2) is 11.0. The van der Waals surface area contributed by atoms with E-state index in [4.69, 9.17) is 37.4 Å². The van der Waals surface area contributed by atoms with Crippen molar-refractivity contribution in [3.05, 3.63) is 100 Å². The van der Waals surface area contributed by atoms with Gasteiger partial charge in [-0.1, -0.05) is 54.1 Å². The van der Waals surface area contributed by atoms with E-state index < -0.39 is 29.1 Å². The van der Waals surface area contributed by atoms with Crippen molar-refractivity contribution >= 4 is 40.7 Å². The molecule has 3 aromatic carbocycles. The molecule has 2 N–H and O–H groups in total. The van der Waals surface area contributed by atoms with Crippen LogP contribution < -0.4 is 19.6 Å². The maximum atomic E-state index is 14.9. The van der Waals surface area contributed by atoms with Crippen LogP contribution in [0, 0.1) is 5.92 Å². The Hall–Kier alpha value is -4.14. The number of anilines is 1. The molecule has 1 aliphatic carbocycles. The van der Waals surface area contributed by atoms with E-state index in [1.807, 2.05) is 6.08 Å². The van der Waals surface area contributed by atoms with Gasteiger partial charge in [0.05, 0.1) is 43.4 Å². The van der Waals surface area contributed by atoms with Gasteiger partial charge in [0.15, 0.2) is 0 Å². The van der Waals surface area contributed by atoms with E-state index in [-0.39, 0.29) is 17.2 Å². The van der Waals surface area contributed by atoms with Gasteiger partial charge in [0, 0.05) is 28.6 Å². The van der Waals surface area contributed by atoms with E-state index in [1.165, 1.54) is 32.4 Å². The summed E-state index contributed by atoms with van der Waals surface area (Å²) in [6.45, 7) is 4.03. The molecule has 212 valence electrons. The summed E-state index contributed by atoms with van der Waals surface area (Å²) in [7, 11) is 4.48. The minimum atomic E-state index is -1.47. The quantitative estimate of drug-likeness (QED) is 0.296. The first kappa shape index (κ1) is 28.4. The van der Waals surface area contributed by atoms with E-state index in [0.29, 0.717) is 44.7 Å². The van der Waals surface area contributed by atoms with Crippen molar-refractivity contribution < 1.29 is 28.9 Å². The van der Waals surface area contributed by atoms with Crippen molar-refractivity contribution in [1.82, 2.24) is 5.01 Å². The fraction of sp³-hybridized carbons (Fsp3) is 0.226. The van der Waals surface area contributed by atoms with Crippen LogP contribution in [0.2, 0.25) is 10.0 Å². The normalized spacial score (nSPS) is 21.7. The van der Waals surface area contributed by atoms with Crippen molar-refractivity contribution in [3.8, 4) is 23.0 Å². The molecular weight excluding hydrogens is 567 g/mol. The highest BCUT2D eigenvalue weighted by molar-refractivity contribution is 6.36. The number of aromatic hydroxyl groups is 1. The summed E-state index contributed by atoms with van der Waals surface area (Å²) >= 11 is 12.5. The summed E-state index contributed by atoms with van der Waals surface area (Å²) in [6, 6.07) is 14.7. The zero-order valence-electron chi connectivity index (χ0n) is 22.6. The first-order valence-electron chi connectivity index (χ1n) is 12.7. The molecule has 5 rings (SSSR count). The number of fused-ring (bicyclic) bond motifs is 1. The van der Waals surface area contributed by atoms with Gasteiger partial charge >= 0.3 is 0 Å². The molecule has 0 radical (unpaired) electrons. The zero-order valence-corrected chi connectivity index (χ0v) is 24.1. The number of phenols is 1. The lowest BCUT2D eigenvalue weighted by atomic mass is 9.55. The summed E-state index contributed by atoms with van der Waals surface area (Å²) in [5, 5.41) is 12.1. The summed E-state index contributed by atoms with van der Waals surface area (Å²) < 4.78 is 16.8. The second-order valence-corrected chi connectivity index (χ2v) is 10.5. The number of hydrogen-bond acceptors (Lipinski definition) is 7. The molecule has 0 saturated carbocycles. The predicted molar refractivity (Wildman–Crippen MR) is 157 cm³/mol. The SMILES string of the molecule is C=CC1=CCC2C(=O)N(Nc3ccc(Cl)cc3Cl)C(=O)C2(c2ccc(OC)cc2)C1c1c(OC)cc(O)cc1OC. The van der Waals surface area contributed by atoms with Crippen LogP contribution in [0.5, 0.6) is 23.0 Å². The van der Waals surface area contributed by atoms with Crippen LogP contribution in [0.1, 0.15) is 23.5 Å². The molecule has 0 spiro atoms. The molecule has 3 atom stereocenters. The minimum absolute atomic E-state index is 0.0769. The van der Waals surface area contributed by atoms with Gasteiger partial charge in [0.25, 0.3) is 11.8 Å². The third-order valence-corrected chi connectivity index (χ3v) is 8.33. The number of rotatable bonds is 8. The van der Waals surface area contributed by atoms with Crippen molar-refractivity contribution in [1.29, 1.82) is 0 Å². The number of hydrogen-bond donors (Lipinski definition) is 2. The molecule has 3 aromatic rings. The van der Waals surface area contributed by atoms with Crippen LogP contribution >= 0.6 is 23.2 Å². The van der Waals surface area contributed by atoms with Gasteiger partial charge in [-0.25, -0.2) is 0 Å². The molecule has 0 bridgehead atoms. The van der Waals surface area contributed by atoms with E-state index >= 15 is 0 Å². The Balaban J connectivity index is 1.80. The van der Waals surface area contributed by atoms with Gasteiger partial charge in [-0.05, 0) is 47.9 Å². The van der Waals surface area contributed by atoms with Gasteiger partial charge in [0.2, 0.25) is 0 Å². The lowest BCUT2D eigenvalue weighted by Gasteiger charge is -2.43. The smallest absolute Gasteiger partial charge is 0.260 e. The number of hydrazine groups is 1. The Morgan fingerprint density at radius 1 is 1.00 bits per heavy atom. The molecule has 1 heterocycles. The number of nitrogens with zero attached hydrogens (tertiary/aromatic N) is 1. The summed E-state index contributed by atoms with van der Waals surface area (Å²) in [5.41, 5.74) is 3.60. The van der Waals surface area contributed by atoms with Crippen molar-refractivity contribution in [2.45, 2.75) is 17.8 Å². The molecule has 10 heteroatoms. The summed E-state index contributed by atoms with van der Waals surface area (Å²) in [5.74, 6) is -1.45. The molecule has 3 unspecified atom stereocenters. The lowest BCUT2D eigenvalue weighted by Crippen LogP contribution is -2.48. The highest BCUT2D eigenvalue weighted by atomic mass is 35.5. The molecule has 8 nitrogen and oxygen atoms in total. The van der Waals surface area contributed by atoms with Crippen LogP contribution in [0.4, 0.5) is 5.69 Å². The first-order chi connectivity index (χ1) is 19.7. The molecule has 0 aromatic heterocycles. The number of halogens is 2. The van der Waals surface area contributed by atoms with Gasteiger partial charge < -0.3 is 19.3 Å². The Bertz CT molecular complexity index is 1550. The summed E-state index contributed by atoms with van der Waals surface area (Å²) in [4.78, 5) is 29.0. The maximum absolute atomic E-state index is 14.9. The predicted octanol–water partition coefficient (Wildman–Crippen LogP) is 6.27. The van der Waals surface area contributed by atoms with Crippen LogP contribution in [0.3, 0.4) is 0 Å². The number of carbonyl (C=O) groups excluding carboxylic acids is 2. The van der Waals surface area contributed by atoms with Crippen LogP contribution in [-0.4, -0.2) is 43.3 Å². The van der Waals surface area contributed by atoms with Crippen LogP contribution in [0.15, 0.2) is 78.9 Å². The Labute approximate surface area is 247 Å². The maximum Gasteiger partial charge on any atom is 0.260 e. The van der Waals surface area contributed by atoms with E-state index in [2.05, 4.69) is 12.0 Å². The first-order valence-corrected chi connectivity index (χ1v) is 13.5. The van der Waals surface area contributed by atoms with Crippen molar-refractivity contribution in [2.24, 2.45) is 5.92 Å². The van der Waals surface area contributed by atoms with Gasteiger partial charge in [0.1, 0.15) is 23.0 Å². The lowest BCUT2D eigenvalue weighted by molar-refractivity contribution is -0.138. The zero-order chi connectivity index (χ0) is 29.5. The number of nitrogens with one attached hydrogen (secondary N) is 1. The average molecular weight is 595 g/mol. The van der Waals surface area contributed by atoms with Crippen LogP contribution in [0.25, 0.3) is 0 Å². The number of phenolic OH excluding ortho intramolecular Hbond substituents is 1. The van der Waals surface area contributed by atoms with E-state index in [9.17, 15) is 14.7 Å². The van der Waals surface area contributed by atoms with Crippen LogP contribution in [-0.2, 0) is 15.0 Å². The monoisotopic (exact) mass is 594 g/mol. The third kappa shape index (κ3) is 4.47. The third-order valence-electron chi connectivity index (χ3n) is 7.79. The fourth-order valence-electron chi connectivity index (χ4n) is 6.00. The second-order valence-electron chi connectivity index (χ2n) is 9.71. The average Bonchev–Trinajstić information content (AvgIpc) is 3.19. The van der Waals surface area contributed by atoms with E-state index in [0.717, 1.165) is 5.01 Å². The van der Waals surface area contributed by atoms with Crippen molar-refractivity contribution in [2.75, 3.05) is 26.8 Å². The molecule has 1 fully saturated rings. The van der Waals surface area contributed by atoms with Gasteiger partial charge in [-0.3, -0.25) is 15.0 Å². The number of allylic oxidation sites excluding steroid dienone is 3. The topological polar surface area (TPSA) is 97.3 Å². The summed E-state index contributed by atoms with van der Waals surface area (Å²) in [6.07, 6.45) is 3.84. The number of ether oxygens (including phenoxy) is 3. The van der Waals surface area contributed by atoms with E-state index in [1.54, 1.807) is 49.6 Å². The Kier molecular flexibility index (Phi) is 7.64. The molecular formula is C31H28Cl2N2O6. The number of benzene rings is 3. The molecule has 41 heavy (non-hydrogen) atoms. The minimum Gasteiger partial charge on any atom is -0.508 e. The Morgan fingerprint density at radius 2 is 1.66 bits per heavy atom. The van der Waals surface area contributed by atoms with Gasteiger partial charge in [-0.2, -0.15) is 5.01 Å². The number of imide groups is 1. The molecule has 1 aliphatic heterocycles. The highest BCUT2D eigenvalue weighted by Crippen LogP contribution is 2.60. The molecule has 2 aliphatic rings. The fourth-order valence-corrected chi connectivity index (χ4v) is 6.45. The van der Waals surface area contributed by atoms with Gasteiger partial charge in [-0.15, -0.1) is 0 Å². The number of methoxy groups -OCH3 is 3. The largest absolute Gasteiger partial charge is 0.508 e. The standard InChI is InChI=1S/C31H28Cl2N2O6/c1-5-17-6-12-22-29(37)35(34-24-13-9-19(32)14-23(24)33)30(38)31(22,18-7-10-21(39-2)11-8-18)28(17)27-25(40-3)15-20(36)16-26(27)41-4/h5-11,13-16,22,28,34,36H,1,12H2,2-4H3. The Morgan fingerprint density at radius 3 is 2.22 bits per heavy atom. The molecule has 1 saturated heterocycles. The molecule has 2 amide bonds. The number of amides is 2. The van der Waals surface area contributed by atoms with Crippen molar-refractivity contribution in [3.63, 3.8) is 0 Å².